The summed E-state index contributed by atoms with van der Waals surface area (Å²) >= 11 is 6.50. The number of hydrogen-bond acceptors (Lipinski definition) is 7. The van der Waals surface area contributed by atoms with E-state index in [0.29, 0.717) is 51.8 Å². The van der Waals surface area contributed by atoms with Crippen LogP contribution in [0.2, 0.25) is 0 Å². The number of aromatic nitrogens is 1. The number of fused-ring (bicyclic) bond motifs is 4. The maximum Gasteiger partial charge on any atom is 0.274 e. The van der Waals surface area contributed by atoms with Crippen molar-refractivity contribution < 1.29 is 28.7 Å². The molecule has 0 saturated heterocycles. The molecular weight excluding hydrogens is 624 g/mol. The molecule has 242 valence electrons. The van der Waals surface area contributed by atoms with Gasteiger partial charge in [-0.15, -0.1) is 11.6 Å². The quantitative estimate of drug-likeness (QED) is 0.0976. The molecule has 0 aliphatic carbocycles. The van der Waals surface area contributed by atoms with Gasteiger partial charge in [0.25, 0.3) is 11.6 Å². The summed E-state index contributed by atoms with van der Waals surface area (Å²) in [4.78, 5) is 44.3. The lowest BCUT2D eigenvalue weighted by atomic mass is 9.82. The molecule has 1 aromatic heterocycles. The molecule has 1 aliphatic heterocycles. The number of halogens is 1. The van der Waals surface area contributed by atoms with Gasteiger partial charge in [-0.25, -0.2) is 0 Å². The molecule has 47 heavy (non-hydrogen) atoms. The minimum absolute atomic E-state index is 0.140. The number of rotatable bonds is 9. The van der Waals surface area contributed by atoms with Crippen molar-refractivity contribution in [3.8, 4) is 17.2 Å². The van der Waals surface area contributed by atoms with Crippen LogP contribution in [0.15, 0.2) is 66.7 Å². The topological polar surface area (TPSA) is 136 Å². The maximum atomic E-state index is 14.3. The molecule has 0 saturated carbocycles. The van der Waals surface area contributed by atoms with Crippen LogP contribution in [0.25, 0.3) is 21.7 Å². The minimum atomic E-state index is -1.26. The van der Waals surface area contributed by atoms with Crippen molar-refractivity contribution in [2.24, 2.45) is 0 Å². The zero-order valence-electron chi connectivity index (χ0n) is 26.5. The highest BCUT2D eigenvalue weighted by atomic mass is 35.5. The van der Waals surface area contributed by atoms with Gasteiger partial charge in [0.2, 0.25) is 11.7 Å². The van der Waals surface area contributed by atoms with E-state index in [1.807, 2.05) is 24.3 Å². The van der Waals surface area contributed by atoms with Crippen molar-refractivity contribution >= 4 is 62.2 Å². The lowest BCUT2D eigenvalue weighted by molar-refractivity contribution is -0.385. The first-order valence-electron chi connectivity index (χ1n) is 14.9. The second-order valence-electron chi connectivity index (χ2n) is 11.8. The van der Waals surface area contributed by atoms with Crippen LogP contribution < -0.4 is 24.4 Å². The number of benzene rings is 4. The monoisotopic (exact) mass is 656 g/mol. The van der Waals surface area contributed by atoms with Crippen molar-refractivity contribution in [2.45, 2.75) is 25.2 Å². The highest BCUT2D eigenvalue weighted by Gasteiger charge is 2.38. The Bertz CT molecular complexity index is 2070. The van der Waals surface area contributed by atoms with E-state index >= 15 is 0 Å². The second kappa shape index (κ2) is 12.1. The number of ether oxygens (including phenoxy) is 3. The normalized spacial score (nSPS) is 14.3. The number of carbonyl (C=O) groups is 2. The number of nitro groups is 1. The predicted octanol–water partition coefficient (Wildman–Crippen LogP) is 7.15. The summed E-state index contributed by atoms with van der Waals surface area (Å²) in [5.41, 5.74) is 1.75. The minimum Gasteiger partial charge on any atom is -0.493 e. The number of amides is 2. The molecule has 0 spiro atoms. The molecule has 2 heterocycles. The Kier molecular flexibility index (Phi) is 8.19. The van der Waals surface area contributed by atoms with Crippen LogP contribution in [0.1, 0.15) is 41.4 Å². The van der Waals surface area contributed by atoms with Crippen LogP contribution in [0.3, 0.4) is 0 Å². The SMILES string of the molecule is COc1cc2cc(C(=O)N3CC(CCl)c4c3cc(NC(=O)C(C)(C)c3ccccc3[N+](=O)[O-])c3ccccc43)[nH]c2c(OC)c1OC. The number of aromatic amines is 1. The van der Waals surface area contributed by atoms with E-state index in [4.69, 9.17) is 25.8 Å². The first-order chi connectivity index (χ1) is 22.5. The molecule has 0 fully saturated rings. The van der Waals surface area contributed by atoms with Gasteiger partial charge < -0.3 is 29.4 Å². The number of anilines is 2. The third-order valence-electron chi connectivity index (χ3n) is 8.84. The molecular formula is C35H33ClN4O7. The van der Waals surface area contributed by atoms with Gasteiger partial charge >= 0.3 is 0 Å². The summed E-state index contributed by atoms with van der Waals surface area (Å²) in [6.07, 6.45) is 0. The van der Waals surface area contributed by atoms with E-state index in [-0.39, 0.29) is 29.0 Å². The summed E-state index contributed by atoms with van der Waals surface area (Å²) in [5.74, 6) is 0.611. The molecule has 12 heteroatoms. The van der Waals surface area contributed by atoms with Gasteiger partial charge in [0.1, 0.15) is 5.69 Å². The van der Waals surface area contributed by atoms with E-state index in [9.17, 15) is 19.7 Å². The van der Waals surface area contributed by atoms with Crippen molar-refractivity contribution in [2.75, 3.05) is 44.0 Å². The van der Waals surface area contributed by atoms with Gasteiger partial charge in [0.05, 0.1) is 48.6 Å². The Balaban J connectivity index is 1.45. The molecule has 4 aromatic carbocycles. The van der Waals surface area contributed by atoms with Crippen molar-refractivity contribution in [1.29, 1.82) is 0 Å². The smallest absolute Gasteiger partial charge is 0.274 e. The van der Waals surface area contributed by atoms with Crippen LogP contribution in [0.5, 0.6) is 17.2 Å². The van der Waals surface area contributed by atoms with Gasteiger partial charge in [0, 0.05) is 40.7 Å². The molecule has 2 N–H and O–H groups in total. The van der Waals surface area contributed by atoms with E-state index in [1.165, 1.54) is 27.4 Å². The number of nitrogens with one attached hydrogen (secondary N) is 2. The first-order valence-corrected chi connectivity index (χ1v) is 15.4. The fraction of sp³-hybridized carbons (Fsp3) is 0.257. The molecule has 5 aromatic rings. The molecule has 1 atom stereocenters. The number of hydrogen-bond donors (Lipinski definition) is 2. The molecule has 6 rings (SSSR count). The average molecular weight is 657 g/mol. The number of para-hydroxylation sites is 1. The largest absolute Gasteiger partial charge is 0.493 e. The number of nitro benzene ring substituents is 1. The number of nitrogens with zero attached hydrogens (tertiary/aromatic N) is 2. The Hall–Kier alpha value is -5.29. The van der Waals surface area contributed by atoms with Crippen molar-refractivity contribution in [3.63, 3.8) is 0 Å². The number of methoxy groups -OCH3 is 3. The third-order valence-corrected chi connectivity index (χ3v) is 9.21. The first kappa shape index (κ1) is 31.7. The second-order valence-corrected chi connectivity index (χ2v) is 12.1. The lowest BCUT2D eigenvalue weighted by Crippen LogP contribution is -2.35. The molecule has 1 aliphatic rings. The Morgan fingerprint density at radius 2 is 1.68 bits per heavy atom. The van der Waals surface area contributed by atoms with Crippen molar-refractivity contribution in [1.82, 2.24) is 4.98 Å². The van der Waals surface area contributed by atoms with E-state index in [0.717, 1.165) is 16.3 Å². The van der Waals surface area contributed by atoms with Crippen LogP contribution in [0, 0.1) is 10.1 Å². The van der Waals surface area contributed by atoms with Gasteiger partial charge in [-0.1, -0.05) is 42.5 Å². The molecule has 11 nitrogen and oxygen atoms in total. The summed E-state index contributed by atoms with van der Waals surface area (Å²) in [6, 6.07) is 19.1. The summed E-state index contributed by atoms with van der Waals surface area (Å²) in [5, 5.41) is 17.1. The third kappa shape index (κ3) is 5.16. The van der Waals surface area contributed by atoms with Gasteiger partial charge in [-0.3, -0.25) is 19.7 Å². The molecule has 0 radical (unpaired) electrons. The Morgan fingerprint density at radius 3 is 2.34 bits per heavy atom. The van der Waals surface area contributed by atoms with Crippen LogP contribution >= 0.6 is 11.6 Å². The summed E-state index contributed by atoms with van der Waals surface area (Å²) in [6.45, 7) is 3.61. The zero-order chi connectivity index (χ0) is 33.6. The van der Waals surface area contributed by atoms with E-state index in [2.05, 4.69) is 10.3 Å². The lowest BCUT2D eigenvalue weighted by Gasteiger charge is -2.25. The molecule has 1 unspecified atom stereocenters. The van der Waals surface area contributed by atoms with Gasteiger partial charge in [-0.2, -0.15) is 0 Å². The fourth-order valence-corrected chi connectivity index (χ4v) is 6.69. The van der Waals surface area contributed by atoms with Crippen molar-refractivity contribution in [3.05, 3.63) is 93.7 Å². The average Bonchev–Trinajstić information content (AvgIpc) is 3.68. The number of carbonyl (C=O) groups excluding carboxylic acids is 2. The number of alkyl halides is 1. The standard InChI is InChI=1S/C35H33ClN4O7/c1-35(2,23-12-8-9-13-26(23)40(43)44)34(42)38-24-16-27-29(22-11-7-6-10-21(22)24)20(17-36)18-39(27)33(41)25-14-19-15-28(45-3)31(46-4)32(47-5)30(19)37-25/h6-16,20,37H,17-18H2,1-5H3,(H,38,42). The van der Waals surface area contributed by atoms with Crippen LogP contribution in [-0.2, 0) is 10.2 Å². The predicted molar refractivity (Wildman–Crippen MR) is 182 cm³/mol. The van der Waals surface area contributed by atoms with Crippen LogP contribution in [0.4, 0.5) is 17.1 Å². The highest BCUT2D eigenvalue weighted by molar-refractivity contribution is 6.20. The zero-order valence-corrected chi connectivity index (χ0v) is 27.2. The molecule has 2 amide bonds. The summed E-state index contributed by atoms with van der Waals surface area (Å²) in [7, 11) is 4.55. The number of H-pyrrole nitrogens is 1. The Labute approximate surface area is 275 Å². The Morgan fingerprint density at radius 1 is 1.00 bits per heavy atom. The fourth-order valence-electron chi connectivity index (χ4n) is 6.43. The maximum absolute atomic E-state index is 14.3. The van der Waals surface area contributed by atoms with Gasteiger partial charge in [-0.05, 0) is 43.0 Å². The molecule has 0 bridgehead atoms. The van der Waals surface area contributed by atoms with Crippen LogP contribution in [-0.4, -0.2) is 55.5 Å². The highest BCUT2D eigenvalue weighted by Crippen LogP contribution is 2.47. The van der Waals surface area contributed by atoms with E-state index < -0.39 is 16.2 Å². The summed E-state index contributed by atoms with van der Waals surface area (Å²) < 4.78 is 16.6. The van der Waals surface area contributed by atoms with E-state index in [1.54, 1.807) is 55.1 Å². The van der Waals surface area contributed by atoms with Gasteiger partial charge in [0.15, 0.2) is 11.5 Å².